The molecule has 0 aliphatic rings. The number of benzene rings is 2. The minimum absolute atomic E-state index is 0. The van der Waals surface area contributed by atoms with Crippen LogP contribution in [0, 0.1) is 6.07 Å². The van der Waals surface area contributed by atoms with Crippen molar-refractivity contribution >= 4 is 16.6 Å². The van der Waals surface area contributed by atoms with E-state index in [4.69, 9.17) is 5.11 Å². The zero-order valence-corrected chi connectivity index (χ0v) is 15.9. The summed E-state index contributed by atoms with van der Waals surface area (Å²) < 4.78 is 0. The number of hydrogen-bond acceptors (Lipinski definition) is 3. The van der Waals surface area contributed by atoms with E-state index in [0.29, 0.717) is 0 Å². The largest absolute Gasteiger partial charge is 0.512 e. The van der Waals surface area contributed by atoms with E-state index in [0.717, 1.165) is 16.6 Å². The summed E-state index contributed by atoms with van der Waals surface area (Å²) in [4.78, 5) is 14.3. The fraction of sp³-hybridized carbons (Fsp3) is 0.100. The van der Waals surface area contributed by atoms with Crippen molar-refractivity contribution in [1.29, 1.82) is 0 Å². The fourth-order valence-electron chi connectivity index (χ4n) is 2.08. The first-order chi connectivity index (χ1) is 11.1. The first-order valence-corrected chi connectivity index (χ1v) is 7.26. The molecule has 1 aromatic heterocycles. The van der Waals surface area contributed by atoms with Crippen LogP contribution in [0.15, 0.2) is 72.6 Å². The Morgan fingerprint density at radius 1 is 1.04 bits per heavy atom. The van der Waals surface area contributed by atoms with Crippen molar-refractivity contribution in [3.05, 3.63) is 78.7 Å². The number of aliphatic hydroxyl groups is 1. The summed E-state index contributed by atoms with van der Waals surface area (Å²) >= 11 is 0. The average Bonchev–Trinajstić information content (AvgIpc) is 2.54. The van der Waals surface area contributed by atoms with Gasteiger partial charge in [-0.15, -0.1) is 29.7 Å². The molecule has 0 saturated heterocycles. The Morgan fingerprint density at radius 2 is 1.75 bits per heavy atom. The molecule has 0 saturated carbocycles. The van der Waals surface area contributed by atoms with E-state index in [1.807, 2.05) is 30.3 Å². The number of pyridine rings is 1. The van der Waals surface area contributed by atoms with Crippen molar-refractivity contribution in [2.24, 2.45) is 0 Å². The number of ketones is 1. The number of hydrogen-bond donors (Lipinski definition) is 1. The molecule has 0 unspecified atom stereocenters. The molecule has 3 nitrogen and oxygen atoms in total. The summed E-state index contributed by atoms with van der Waals surface area (Å²) in [5.41, 5.74) is 2.01. The van der Waals surface area contributed by atoms with Crippen molar-refractivity contribution in [3.8, 4) is 11.3 Å². The maximum absolute atomic E-state index is 10.0. The van der Waals surface area contributed by atoms with Crippen LogP contribution < -0.4 is 0 Å². The fourth-order valence-corrected chi connectivity index (χ4v) is 2.08. The van der Waals surface area contributed by atoms with E-state index >= 15 is 0 Å². The Kier molecular flexibility index (Phi) is 8.03. The van der Waals surface area contributed by atoms with Crippen LogP contribution in [-0.2, 0) is 24.9 Å². The number of nitrogens with zero attached hydrogens (tertiary/aromatic N) is 1. The van der Waals surface area contributed by atoms with Gasteiger partial charge in [-0.2, -0.15) is 0 Å². The van der Waals surface area contributed by atoms with Crippen molar-refractivity contribution in [2.75, 3.05) is 0 Å². The molecule has 0 atom stereocenters. The third-order valence-corrected chi connectivity index (χ3v) is 3.01. The minimum Gasteiger partial charge on any atom is -0.512 e. The molecular weight excluding hydrogens is 478 g/mol. The number of rotatable bonds is 2. The first kappa shape index (κ1) is 19.8. The van der Waals surface area contributed by atoms with Crippen LogP contribution in [0.1, 0.15) is 13.8 Å². The van der Waals surface area contributed by atoms with E-state index in [9.17, 15) is 4.79 Å². The SMILES string of the molecule is CC(=O)/C=C(/C)O.[Ir].[c-]1c(-c2ccccn2)ccc2ccccc12. The number of carbonyl (C=O) groups excluding carboxylic acids is 1. The van der Waals surface area contributed by atoms with Crippen LogP contribution >= 0.6 is 0 Å². The van der Waals surface area contributed by atoms with E-state index < -0.39 is 0 Å². The zero-order valence-electron chi connectivity index (χ0n) is 13.5. The number of carbonyl (C=O) groups is 1. The minimum atomic E-state index is -0.125. The van der Waals surface area contributed by atoms with Crippen molar-refractivity contribution < 1.29 is 30.0 Å². The first-order valence-electron chi connectivity index (χ1n) is 7.26. The van der Waals surface area contributed by atoms with E-state index in [1.165, 1.54) is 25.3 Å². The molecule has 0 spiro atoms. The second-order valence-corrected chi connectivity index (χ2v) is 5.07. The molecule has 24 heavy (non-hydrogen) atoms. The Bertz CT molecular complexity index is 825. The molecule has 1 N–H and O–H groups in total. The Labute approximate surface area is 155 Å². The van der Waals surface area contributed by atoms with E-state index in [1.54, 1.807) is 6.20 Å². The van der Waals surface area contributed by atoms with Gasteiger partial charge in [-0.3, -0.25) is 9.78 Å². The molecule has 1 radical (unpaired) electrons. The van der Waals surface area contributed by atoms with Gasteiger partial charge in [0, 0.05) is 38.1 Å². The van der Waals surface area contributed by atoms with Crippen molar-refractivity contribution in [3.63, 3.8) is 0 Å². The maximum Gasteiger partial charge on any atom is 0.155 e. The van der Waals surface area contributed by atoms with Crippen LogP contribution in [-0.4, -0.2) is 15.9 Å². The smallest absolute Gasteiger partial charge is 0.155 e. The van der Waals surface area contributed by atoms with Crippen molar-refractivity contribution in [2.45, 2.75) is 13.8 Å². The van der Waals surface area contributed by atoms with Crippen LogP contribution in [0.25, 0.3) is 22.0 Å². The summed E-state index contributed by atoms with van der Waals surface area (Å²) in [6, 6.07) is 21.7. The molecule has 0 aliphatic heterocycles. The third kappa shape index (κ3) is 6.07. The second-order valence-electron chi connectivity index (χ2n) is 5.07. The average molecular weight is 497 g/mol. The van der Waals surface area contributed by atoms with Gasteiger partial charge in [-0.05, 0) is 19.9 Å². The zero-order chi connectivity index (χ0) is 16.7. The van der Waals surface area contributed by atoms with Gasteiger partial charge in [0.05, 0.1) is 5.76 Å². The Hall–Kier alpha value is -2.29. The number of allylic oxidation sites excluding steroid dienone is 2. The molecular formula is C20H18IrNO2-. The van der Waals surface area contributed by atoms with E-state index in [-0.39, 0.29) is 31.6 Å². The molecule has 3 rings (SSSR count). The number of fused-ring (bicyclic) bond motifs is 1. The van der Waals surface area contributed by atoms with Gasteiger partial charge in [0.2, 0.25) is 0 Å². The molecule has 2 aromatic carbocycles. The predicted octanol–water partition coefficient (Wildman–Crippen LogP) is 4.74. The molecule has 0 aliphatic carbocycles. The summed E-state index contributed by atoms with van der Waals surface area (Å²) in [6.07, 6.45) is 2.97. The predicted molar refractivity (Wildman–Crippen MR) is 93.1 cm³/mol. The summed E-state index contributed by atoms with van der Waals surface area (Å²) in [7, 11) is 0. The summed E-state index contributed by atoms with van der Waals surface area (Å²) in [5.74, 6) is -0.0625. The van der Waals surface area contributed by atoms with Crippen LogP contribution in [0.4, 0.5) is 0 Å². The molecule has 3 aromatic rings. The third-order valence-electron chi connectivity index (χ3n) is 3.01. The summed E-state index contributed by atoms with van der Waals surface area (Å²) in [5, 5.41) is 10.7. The topological polar surface area (TPSA) is 50.2 Å². The Morgan fingerprint density at radius 3 is 2.33 bits per heavy atom. The van der Waals surface area contributed by atoms with Crippen LogP contribution in [0.3, 0.4) is 0 Å². The van der Waals surface area contributed by atoms with E-state index in [2.05, 4.69) is 35.3 Å². The molecule has 0 bridgehead atoms. The number of aromatic nitrogens is 1. The molecule has 0 fully saturated rings. The quantitative estimate of drug-likeness (QED) is 0.317. The van der Waals surface area contributed by atoms with Gasteiger partial charge in [-0.25, -0.2) is 0 Å². The molecule has 0 amide bonds. The molecule has 125 valence electrons. The van der Waals surface area contributed by atoms with Crippen LogP contribution in [0.2, 0.25) is 0 Å². The van der Waals surface area contributed by atoms with Crippen molar-refractivity contribution in [1.82, 2.24) is 4.98 Å². The molecule has 4 heteroatoms. The Balaban J connectivity index is 0.000000312. The summed E-state index contributed by atoms with van der Waals surface area (Å²) in [6.45, 7) is 2.85. The van der Waals surface area contributed by atoms with Gasteiger partial charge >= 0.3 is 0 Å². The maximum atomic E-state index is 10.0. The van der Waals surface area contributed by atoms with Gasteiger partial charge in [0.25, 0.3) is 0 Å². The van der Waals surface area contributed by atoms with Gasteiger partial charge < -0.3 is 5.11 Å². The number of aliphatic hydroxyl groups excluding tert-OH is 1. The molecule has 1 heterocycles. The van der Waals surface area contributed by atoms with Gasteiger partial charge in [-0.1, -0.05) is 41.3 Å². The van der Waals surface area contributed by atoms with Crippen LogP contribution in [0.5, 0.6) is 0 Å². The second kappa shape index (κ2) is 9.76. The van der Waals surface area contributed by atoms with Gasteiger partial charge in [0.15, 0.2) is 5.78 Å². The van der Waals surface area contributed by atoms with Gasteiger partial charge in [0.1, 0.15) is 0 Å². The monoisotopic (exact) mass is 497 g/mol. The normalized spacial score (nSPS) is 10.3. The standard InChI is InChI=1S/C15H10N.C5H8O2.Ir/c1-2-6-13-11-14(9-8-12(13)5-1)15-7-3-4-10-16-15;1-4(6)3-5(2)7;/h1-10H;3,6H,1-2H3;/q-1;;/b;4-3-;.